The summed E-state index contributed by atoms with van der Waals surface area (Å²) in [5.74, 6) is 0.984. The zero-order valence-corrected chi connectivity index (χ0v) is 13.8. The monoisotopic (exact) mass is 305 g/mol. The van der Waals surface area contributed by atoms with Gasteiger partial charge in [-0.15, -0.1) is 0 Å². The van der Waals surface area contributed by atoms with Gasteiger partial charge in [-0.3, -0.25) is 4.79 Å². The highest BCUT2D eigenvalue weighted by molar-refractivity contribution is 6.01. The van der Waals surface area contributed by atoms with Gasteiger partial charge >= 0.3 is 0 Å². The number of fused-ring (bicyclic) bond motifs is 1. The van der Waals surface area contributed by atoms with Crippen molar-refractivity contribution in [3.8, 4) is 5.75 Å². The van der Waals surface area contributed by atoms with Gasteiger partial charge in [-0.2, -0.15) is 0 Å². The van der Waals surface area contributed by atoms with Crippen LogP contribution >= 0.6 is 0 Å². The fourth-order valence-corrected chi connectivity index (χ4v) is 2.59. The van der Waals surface area contributed by atoms with Crippen LogP contribution < -0.4 is 15.4 Å². The van der Waals surface area contributed by atoms with Crippen LogP contribution in [0.4, 0.5) is 5.69 Å². The Bertz CT molecular complexity index is 503. The van der Waals surface area contributed by atoms with Crippen molar-refractivity contribution < 1.29 is 9.53 Å². The molecule has 2 N–H and O–H groups in total. The summed E-state index contributed by atoms with van der Waals surface area (Å²) in [6.45, 7) is 5.38. The molecule has 1 aliphatic heterocycles. The predicted molar refractivity (Wildman–Crippen MR) is 90.0 cm³/mol. The van der Waals surface area contributed by atoms with Crippen molar-refractivity contribution in [3.05, 3.63) is 23.8 Å². The van der Waals surface area contributed by atoms with E-state index in [2.05, 4.69) is 29.6 Å². The number of nitrogens with one attached hydrogen (secondary N) is 2. The smallest absolute Gasteiger partial charge is 0.179 e. The average Bonchev–Trinajstić information content (AvgIpc) is 2.53. The summed E-state index contributed by atoms with van der Waals surface area (Å²) < 4.78 is 5.55. The number of carbonyl (C=O) groups excluding carboxylic acids is 1. The second kappa shape index (κ2) is 8.15. The van der Waals surface area contributed by atoms with E-state index in [1.165, 1.54) is 0 Å². The van der Waals surface area contributed by atoms with Crippen molar-refractivity contribution in [2.45, 2.75) is 25.8 Å². The molecule has 5 heteroatoms. The molecular weight excluding hydrogens is 278 g/mol. The quantitative estimate of drug-likeness (QED) is 0.568. The van der Waals surface area contributed by atoms with Gasteiger partial charge in [-0.1, -0.05) is 6.92 Å². The van der Waals surface area contributed by atoms with Crippen molar-refractivity contribution in [2.24, 2.45) is 0 Å². The zero-order valence-electron chi connectivity index (χ0n) is 13.8. The number of nitrogens with zero attached hydrogens (tertiary/aromatic N) is 1. The van der Waals surface area contributed by atoms with Crippen LogP contribution in [0, 0.1) is 0 Å². The molecule has 0 radical (unpaired) electrons. The van der Waals surface area contributed by atoms with E-state index in [1.807, 2.05) is 25.1 Å². The van der Waals surface area contributed by atoms with Crippen molar-refractivity contribution in [3.63, 3.8) is 0 Å². The molecule has 1 aromatic rings. The molecule has 0 amide bonds. The lowest BCUT2D eigenvalue weighted by atomic mass is 10.0. The highest BCUT2D eigenvalue weighted by atomic mass is 16.5. The summed E-state index contributed by atoms with van der Waals surface area (Å²) in [5, 5.41) is 6.65. The number of Topliss-reactive ketones (excluding diaryl/α,β-unsaturated/α-hetero) is 1. The van der Waals surface area contributed by atoms with E-state index in [9.17, 15) is 4.79 Å². The van der Waals surface area contributed by atoms with Gasteiger partial charge < -0.3 is 20.3 Å². The third-order valence-electron chi connectivity index (χ3n) is 3.84. The third-order valence-corrected chi connectivity index (χ3v) is 3.84. The second-order valence-corrected chi connectivity index (χ2v) is 5.92. The van der Waals surface area contributed by atoms with Crippen molar-refractivity contribution in [2.75, 3.05) is 45.7 Å². The van der Waals surface area contributed by atoms with Crippen molar-refractivity contribution >= 4 is 11.5 Å². The van der Waals surface area contributed by atoms with Gasteiger partial charge in [0, 0.05) is 12.1 Å². The topological polar surface area (TPSA) is 53.6 Å². The number of benzene rings is 1. The molecule has 22 heavy (non-hydrogen) atoms. The van der Waals surface area contributed by atoms with Gasteiger partial charge in [0.15, 0.2) is 5.78 Å². The van der Waals surface area contributed by atoms with Crippen LogP contribution in [-0.4, -0.2) is 57.1 Å². The summed E-state index contributed by atoms with van der Waals surface area (Å²) >= 11 is 0. The van der Waals surface area contributed by atoms with Crippen LogP contribution in [0.1, 0.15) is 30.1 Å². The summed E-state index contributed by atoms with van der Waals surface area (Å²) in [5.41, 5.74) is 1.66. The van der Waals surface area contributed by atoms with E-state index in [4.69, 9.17) is 4.74 Å². The van der Waals surface area contributed by atoms with E-state index in [0.717, 1.165) is 49.5 Å². The minimum Gasteiger partial charge on any atom is -0.490 e. The van der Waals surface area contributed by atoms with E-state index < -0.39 is 0 Å². The largest absolute Gasteiger partial charge is 0.490 e. The SMILES string of the molecule is CCC(NCCCN(C)C)C(=O)c1ccc2c(c1)NCCO2. The maximum absolute atomic E-state index is 12.6. The first-order valence-corrected chi connectivity index (χ1v) is 8.05. The molecule has 1 heterocycles. The van der Waals surface area contributed by atoms with Gasteiger partial charge in [0.2, 0.25) is 0 Å². The fourth-order valence-electron chi connectivity index (χ4n) is 2.59. The zero-order chi connectivity index (χ0) is 15.9. The Labute approximate surface area is 133 Å². The number of carbonyl (C=O) groups is 1. The minimum atomic E-state index is -0.121. The Hall–Kier alpha value is -1.59. The van der Waals surface area contributed by atoms with E-state index in [0.29, 0.717) is 6.61 Å². The number of rotatable bonds is 8. The lowest BCUT2D eigenvalue weighted by Gasteiger charge is -2.21. The molecule has 1 atom stereocenters. The first-order chi connectivity index (χ1) is 10.6. The molecule has 122 valence electrons. The van der Waals surface area contributed by atoms with Gasteiger partial charge in [-0.05, 0) is 58.2 Å². The summed E-state index contributed by atoms with van der Waals surface area (Å²) in [7, 11) is 4.12. The van der Waals surface area contributed by atoms with Gasteiger partial charge in [0.1, 0.15) is 12.4 Å². The maximum atomic E-state index is 12.6. The first kappa shape index (κ1) is 16.8. The van der Waals surface area contributed by atoms with Crippen molar-refractivity contribution in [1.82, 2.24) is 10.2 Å². The Morgan fingerprint density at radius 1 is 1.45 bits per heavy atom. The molecular formula is C17H27N3O2. The highest BCUT2D eigenvalue weighted by Crippen LogP contribution is 2.28. The van der Waals surface area contributed by atoms with Crippen LogP contribution in [0.3, 0.4) is 0 Å². The van der Waals surface area contributed by atoms with Crippen LogP contribution in [-0.2, 0) is 0 Å². The standard InChI is InChI=1S/C17H27N3O2/c1-4-14(18-8-5-10-20(2)3)17(21)13-6-7-16-15(12-13)19-9-11-22-16/h6-7,12,14,18-19H,4-5,8-11H2,1-3H3. The molecule has 1 aliphatic rings. The molecule has 0 aliphatic carbocycles. The Morgan fingerprint density at radius 2 is 2.27 bits per heavy atom. The number of hydrogen-bond acceptors (Lipinski definition) is 5. The number of ketones is 1. The van der Waals surface area contributed by atoms with E-state index in [1.54, 1.807) is 0 Å². The Balaban J connectivity index is 1.95. The molecule has 2 rings (SSSR count). The minimum absolute atomic E-state index is 0.121. The number of hydrogen-bond donors (Lipinski definition) is 2. The third kappa shape index (κ3) is 4.45. The summed E-state index contributed by atoms with van der Waals surface area (Å²) in [4.78, 5) is 14.8. The van der Waals surface area contributed by atoms with Crippen LogP contribution in [0.5, 0.6) is 5.75 Å². The van der Waals surface area contributed by atoms with Crippen LogP contribution in [0.2, 0.25) is 0 Å². The normalized spacial score (nSPS) is 14.9. The molecule has 5 nitrogen and oxygen atoms in total. The lowest BCUT2D eigenvalue weighted by molar-refractivity contribution is 0.0940. The molecule has 0 fully saturated rings. The number of anilines is 1. The Morgan fingerprint density at radius 3 is 3.00 bits per heavy atom. The molecule has 1 aromatic carbocycles. The van der Waals surface area contributed by atoms with E-state index >= 15 is 0 Å². The number of ether oxygens (including phenoxy) is 1. The maximum Gasteiger partial charge on any atom is 0.179 e. The van der Waals surface area contributed by atoms with Crippen LogP contribution in [0.25, 0.3) is 0 Å². The average molecular weight is 305 g/mol. The van der Waals surface area contributed by atoms with Gasteiger partial charge in [-0.25, -0.2) is 0 Å². The van der Waals surface area contributed by atoms with Crippen molar-refractivity contribution in [1.29, 1.82) is 0 Å². The molecule has 0 spiro atoms. The Kier molecular flexibility index (Phi) is 6.21. The fraction of sp³-hybridized carbons (Fsp3) is 0.588. The summed E-state index contributed by atoms with van der Waals surface area (Å²) in [6, 6.07) is 5.53. The molecule has 0 bridgehead atoms. The van der Waals surface area contributed by atoms with Gasteiger partial charge in [0.25, 0.3) is 0 Å². The highest BCUT2D eigenvalue weighted by Gasteiger charge is 2.19. The summed E-state index contributed by atoms with van der Waals surface area (Å²) in [6.07, 6.45) is 1.83. The predicted octanol–water partition coefficient (Wildman–Crippen LogP) is 1.99. The molecule has 0 saturated carbocycles. The second-order valence-electron chi connectivity index (χ2n) is 5.92. The molecule has 0 aromatic heterocycles. The van der Waals surface area contributed by atoms with Gasteiger partial charge in [0.05, 0.1) is 11.7 Å². The lowest BCUT2D eigenvalue weighted by Crippen LogP contribution is -2.37. The molecule has 1 unspecified atom stereocenters. The first-order valence-electron chi connectivity index (χ1n) is 8.05. The molecule has 0 saturated heterocycles. The van der Waals surface area contributed by atoms with Crippen LogP contribution in [0.15, 0.2) is 18.2 Å². The van der Waals surface area contributed by atoms with E-state index in [-0.39, 0.29) is 11.8 Å².